The number of nitriles is 1. The molecule has 0 heterocycles. The maximum Gasteiger partial charge on any atom is 0.408 e. The fourth-order valence-electron chi connectivity index (χ4n) is 1.59. The molecule has 1 atom stereocenters. The highest BCUT2D eigenvalue weighted by atomic mass is 16.6. The smallest absolute Gasteiger partial charge is 0.408 e. The minimum Gasteiger partial charge on any atom is -0.480 e. The Morgan fingerprint density at radius 1 is 1.30 bits per heavy atom. The topological polar surface area (TPSA) is 109 Å². The van der Waals surface area contributed by atoms with E-state index in [4.69, 9.17) is 19.8 Å². The number of amides is 1. The molecule has 0 radical (unpaired) electrons. The molecule has 0 fully saturated rings. The van der Waals surface area contributed by atoms with Gasteiger partial charge in [-0.25, -0.2) is 9.59 Å². The lowest BCUT2D eigenvalue weighted by molar-refractivity contribution is -0.141. The molecule has 0 aliphatic heterocycles. The van der Waals surface area contributed by atoms with E-state index >= 15 is 0 Å². The van der Waals surface area contributed by atoms with Crippen molar-refractivity contribution in [2.24, 2.45) is 0 Å². The Hall–Kier alpha value is -2.59. The lowest BCUT2D eigenvalue weighted by Gasteiger charge is -2.22. The van der Waals surface area contributed by atoms with Crippen LogP contribution < -0.4 is 5.32 Å². The molecule has 1 unspecified atom stereocenters. The number of aliphatic carboxylic acids is 1. The van der Waals surface area contributed by atoms with Crippen LogP contribution in [0.1, 0.15) is 31.9 Å². The third-order valence-electron chi connectivity index (χ3n) is 2.63. The van der Waals surface area contributed by atoms with Crippen molar-refractivity contribution in [3.8, 4) is 6.07 Å². The highest BCUT2D eigenvalue weighted by Gasteiger charge is 2.24. The molecule has 1 aromatic rings. The van der Waals surface area contributed by atoms with Crippen molar-refractivity contribution in [2.75, 3.05) is 6.61 Å². The van der Waals surface area contributed by atoms with Crippen LogP contribution in [0.3, 0.4) is 0 Å². The number of ether oxygens (including phenoxy) is 2. The van der Waals surface area contributed by atoms with Gasteiger partial charge in [-0.3, -0.25) is 0 Å². The van der Waals surface area contributed by atoms with Crippen molar-refractivity contribution in [1.29, 1.82) is 5.26 Å². The van der Waals surface area contributed by atoms with Gasteiger partial charge in [0, 0.05) is 0 Å². The second-order valence-electron chi connectivity index (χ2n) is 5.86. The highest BCUT2D eigenvalue weighted by molar-refractivity contribution is 5.80. The van der Waals surface area contributed by atoms with E-state index in [0.29, 0.717) is 5.56 Å². The van der Waals surface area contributed by atoms with Crippen LogP contribution in [-0.4, -0.2) is 35.4 Å². The van der Waals surface area contributed by atoms with Crippen LogP contribution in [0.25, 0.3) is 0 Å². The standard InChI is InChI=1S/C16H20N2O5/c1-16(2,3)23-15(21)18-13(14(19)20)10-22-9-12-6-4-11(8-17)5-7-12/h4-7,13H,9-10H2,1-3H3,(H,18,21)(H,19,20). The van der Waals surface area contributed by atoms with Crippen molar-refractivity contribution in [1.82, 2.24) is 5.32 Å². The first-order valence-corrected chi connectivity index (χ1v) is 7.00. The molecule has 0 aliphatic rings. The van der Waals surface area contributed by atoms with E-state index in [9.17, 15) is 9.59 Å². The lowest BCUT2D eigenvalue weighted by atomic mass is 10.2. The van der Waals surface area contributed by atoms with Gasteiger partial charge in [0.25, 0.3) is 0 Å². The molecule has 2 N–H and O–H groups in total. The number of benzene rings is 1. The predicted octanol–water partition coefficient (Wildman–Crippen LogP) is 2.05. The minimum absolute atomic E-state index is 0.172. The van der Waals surface area contributed by atoms with Crippen LogP contribution in [0.2, 0.25) is 0 Å². The van der Waals surface area contributed by atoms with Crippen molar-refractivity contribution in [3.63, 3.8) is 0 Å². The Labute approximate surface area is 134 Å². The highest BCUT2D eigenvalue weighted by Crippen LogP contribution is 2.08. The Bertz CT molecular complexity index is 584. The molecule has 1 aromatic carbocycles. The van der Waals surface area contributed by atoms with Gasteiger partial charge in [-0.2, -0.15) is 5.26 Å². The van der Waals surface area contributed by atoms with Crippen LogP contribution in [0.15, 0.2) is 24.3 Å². The third-order valence-corrected chi connectivity index (χ3v) is 2.63. The van der Waals surface area contributed by atoms with Crippen molar-refractivity contribution in [2.45, 2.75) is 39.0 Å². The van der Waals surface area contributed by atoms with Gasteiger partial charge in [0.1, 0.15) is 5.60 Å². The fraction of sp³-hybridized carbons (Fsp3) is 0.438. The second kappa shape index (κ2) is 8.15. The number of nitrogens with one attached hydrogen (secondary N) is 1. The van der Waals surface area contributed by atoms with E-state index in [-0.39, 0.29) is 13.2 Å². The summed E-state index contributed by atoms with van der Waals surface area (Å²) >= 11 is 0. The van der Waals surface area contributed by atoms with Crippen LogP contribution in [-0.2, 0) is 20.9 Å². The molecule has 0 aromatic heterocycles. The summed E-state index contributed by atoms with van der Waals surface area (Å²) in [5, 5.41) is 20.1. The molecule has 0 bridgehead atoms. The average molecular weight is 320 g/mol. The molecular weight excluding hydrogens is 300 g/mol. The van der Waals surface area contributed by atoms with Gasteiger partial charge in [0.2, 0.25) is 0 Å². The molecule has 0 aliphatic carbocycles. The first-order chi connectivity index (χ1) is 10.7. The number of carbonyl (C=O) groups excluding carboxylic acids is 1. The van der Waals surface area contributed by atoms with E-state index < -0.39 is 23.7 Å². The number of rotatable bonds is 6. The normalized spacial score (nSPS) is 12.1. The SMILES string of the molecule is CC(C)(C)OC(=O)NC(COCc1ccc(C#N)cc1)C(=O)O. The summed E-state index contributed by atoms with van der Waals surface area (Å²) in [6, 6.07) is 7.52. The van der Waals surface area contributed by atoms with Crippen molar-refractivity contribution in [3.05, 3.63) is 35.4 Å². The molecule has 0 spiro atoms. The molecule has 1 amide bonds. The molecule has 1 rings (SSSR count). The first kappa shape index (κ1) is 18.5. The third kappa shape index (κ3) is 7.29. The predicted molar refractivity (Wildman–Crippen MR) is 81.6 cm³/mol. The zero-order chi connectivity index (χ0) is 17.5. The molecule has 7 nitrogen and oxygen atoms in total. The summed E-state index contributed by atoms with van der Waals surface area (Å²) < 4.78 is 10.3. The van der Waals surface area contributed by atoms with Gasteiger partial charge < -0.3 is 19.9 Å². The van der Waals surface area contributed by atoms with Gasteiger partial charge in [0.15, 0.2) is 6.04 Å². The molecule has 124 valence electrons. The summed E-state index contributed by atoms with van der Waals surface area (Å²) in [6.07, 6.45) is -0.813. The van der Waals surface area contributed by atoms with E-state index in [1.807, 2.05) is 6.07 Å². The average Bonchev–Trinajstić information content (AvgIpc) is 2.44. The van der Waals surface area contributed by atoms with E-state index in [1.54, 1.807) is 45.0 Å². The van der Waals surface area contributed by atoms with E-state index in [2.05, 4.69) is 5.32 Å². The maximum absolute atomic E-state index is 11.6. The molecular formula is C16H20N2O5. The Morgan fingerprint density at radius 3 is 2.39 bits per heavy atom. The number of hydrogen-bond donors (Lipinski definition) is 2. The van der Waals surface area contributed by atoms with E-state index in [1.165, 1.54) is 0 Å². The molecule has 0 saturated heterocycles. The van der Waals surface area contributed by atoms with Crippen LogP contribution in [0, 0.1) is 11.3 Å². The van der Waals surface area contributed by atoms with Crippen LogP contribution >= 0.6 is 0 Å². The number of alkyl carbamates (subject to hydrolysis) is 1. The summed E-state index contributed by atoms with van der Waals surface area (Å²) in [5.74, 6) is -1.21. The van der Waals surface area contributed by atoms with Crippen molar-refractivity contribution >= 4 is 12.1 Å². The fourth-order valence-corrected chi connectivity index (χ4v) is 1.59. The van der Waals surface area contributed by atoms with Crippen LogP contribution in [0.5, 0.6) is 0 Å². The number of hydrogen-bond acceptors (Lipinski definition) is 5. The van der Waals surface area contributed by atoms with Gasteiger partial charge in [-0.05, 0) is 38.5 Å². The molecule has 7 heteroatoms. The summed E-state index contributed by atoms with van der Waals surface area (Å²) in [7, 11) is 0. The van der Waals surface area contributed by atoms with Gasteiger partial charge in [-0.1, -0.05) is 12.1 Å². The molecule has 0 saturated carbocycles. The Balaban J connectivity index is 2.48. The lowest BCUT2D eigenvalue weighted by Crippen LogP contribution is -2.46. The second-order valence-corrected chi connectivity index (χ2v) is 5.86. The Morgan fingerprint density at radius 2 is 1.91 bits per heavy atom. The van der Waals surface area contributed by atoms with Crippen molar-refractivity contribution < 1.29 is 24.2 Å². The molecule has 23 heavy (non-hydrogen) atoms. The maximum atomic E-state index is 11.6. The van der Waals surface area contributed by atoms with Crippen LogP contribution in [0.4, 0.5) is 4.79 Å². The quantitative estimate of drug-likeness (QED) is 0.830. The van der Waals surface area contributed by atoms with Gasteiger partial charge in [-0.15, -0.1) is 0 Å². The minimum atomic E-state index is -1.21. The largest absolute Gasteiger partial charge is 0.480 e. The first-order valence-electron chi connectivity index (χ1n) is 7.00. The summed E-state index contributed by atoms with van der Waals surface area (Å²) in [4.78, 5) is 22.7. The van der Waals surface area contributed by atoms with Gasteiger partial charge >= 0.3 is 12.1 Å². The summed E-state index contributed by atoms with van der Waals surface area (Å²) in [5.41, 5.74) is 0.616. The number of carboxylic acid groups (broad SMARTS) is 1. The van der Waals surface area contributed by atoms with E-state index in [0.717, 1.165) is 5.56 Å². The number of carbonyl (C=O) groups is 2. The zero-order valence-electron chi connectivity index (χ0n) is 13.3. The summed E-state index contributed by atoms with van der Waals surface area (Å²) in [6.45, 7) is 5.03. The monoisotopic (exact) mass is 320 g/mol. The van der Waals surface area contributed by atoms with Gasteiger partial charge in [0.05, 0.1) is 24.8 Å². The number of carboxylic acids is 1. The Kier molecular flexibility index (Phi) is 6.54. The zero-order valence-corrected chi connectivity index (χ0v) is 13.3. The number of nitrogens with zero attached hydrogens (tertiary/aromatic N) is 1.